The molecule has 108 valence electrons. The number of rotatable bonds is 4. The number of anilines is 1. The van der Waals surface area contributed by atoms with Crippen molar-refractivity contribution in [2.24, 2.45) is 0 Å². The lowest BCUT2D eigenvalue weighted by molar-refractivity contribution is 0.576. The number of fused-ring (bicyclic) bond motifs is 1. The summed E-state index contributed by atoms with van der Waals surface area (Å²) in [6, 6.07) is 6.77. The maximum absolute atomic E-state index is 12.4. The highest BCUT2D eigenvalue weighted by Gasteiger charge is 2.23. The fourth-order valence-electron chi connectivity index (χ4n) is 1.92. The lowest BCUT2D eigenvalue weighted by Crippen LogP contribution is -2.25. The van der Waals surface area contributed by atoms with E-state index in [-0.39, 0.29) is 17.4 Å². The first-order valence-electron chi connectivity index (χ1n) is 6.05. The van der Waals surface area contributed by atoms with Crippen LogP contribution < -0.4 is 10.5 Å². The van der Waals surface area contributed by atoms with Crippen LogP contribution in [0.25, 0.3) is 5.65 Å². The van der Waals surface area contributed by atoms with Crippen molar-refractivity contribution in [3.63, 3.8) is 0 Å². The molecule has 3 aromatic heterocycles. The van der Waals surface area contributed by atoms with Crippen molar-refractivity contribution < 1.29 is 8.42 Å². The van der Waals surface area contributed by atoms with Crippen LogP contribution in [0.5, 0.6) is 0 Å². The summed E-state index contributed by atoms with van der Waals surface area (Å²) in [5, 5.41) is -0.0767. The van der Waals surface area contributed by atoms with Crippen LogP contribution in [-0.2, 0) is 16.6 Å². The van der Waals surface area contributed by atoms with E-state index in [9.17, 15) is 8.42 Å². The van der Waals surface area contributed by atoms with Gasteiger partial charge in [0.15, 0.2) is 10.8 Å². The summed E-state index contributed by atoms with van der Waals surface area (Å²) in [6.07, 6.45) is 4.49. The van der Waals surface area contributed by atoms with Gasteiger partial charge in [-0.15, -0.1) is 0 Å². The predicted molar refractivity (Wildman–Crippen MR) is 75.7 cm³/mol. The molecule has 3 N–H and O–H groups in total. The number of hydrogen-bond acceptors (Lipinski definition) is 6. The van der Waals surface area contributed by atoms with Crippen molar-refractivity contribution in [3.8, 4) is 0 Å². The van der Waals surface area contributed by atoms with Gasteiger partial charge in [-0.05, 0) is 18.2 Å². The zero-order valence-corrected chi connectivity index (χ0v) is 11.7. The van der Waals surface area contributed by atoms with Crippen LogP contribution in [0.1, 0.15) is 5.69 Å². The molecule has 0 saturated heterocycles. The largest absolute Gasteiger partial charge is 0.381 e. The Hall–Kier alpha value is -2.52. The number of sulfonamides is 1. The van der Waals surface area contributed by atoms with Crippen LogP contribution >= 0.6 is 0 Å². The number of nitrogen functional groups attached to an aromatic ring is 1. The third-order valence-electron chi connectivity index (χ3n) is 2.85. The summed E-state index contributed by atoms with van der Waals surface area (Å²) in [6.45, 7) is 0.0460. The molecule has 0 fully saturated rings. The molecule has 8 nitrogen and oxygen atoms in total. The van der Waals surface area contributed by atoms with Gasteiger partial charge in [-0.1, -0.05) is 6.07 Å². The molecule has 21 heavy (non-hydrogen) atoms. The lowest BCUT2D eigenvalue weighted by Gasteiger charge is -2.06. The molecule has 0 spiro atoms. The Labute approximate surface area is 120 Å². The van der Waals surface area contributed by atoms with Crippen LogP contribution in [0, 0.1) is 0 Å². The molecular weight excluding hydrogens is 292 g/mol. The van der Waals surface area contributed by atoms with E-state index in [0.717, 1.165) is 0 Å². The monoisotopic (exact) mass is 304 g/mol. The topological polar surface area (TPSA) is 115 Å². The molecule has 9 heteroatoms. The Morgan fingerprint density at radius 1 is 1.29 bits per heavy atom. The van der Waals surface area contributed by atoms with E-state index < -0.39 is 10.0 Å². The Morgan fingerprint density at radius 3 is 2.90 bits per heavy atom. The lowest BCUT2D eigenvalue weighted by atomic mass is 10.4. The Kier molecular flexibility index (Phi) is 3.28. The highest BCUT2D eigenvalue weighted by atomic mass is 32.2. The van der Waals surface area contributed by atoms with E-state index in [1.807, 2.05) is 0 Å². The van der Waals surface area contributed by atoms with Gasteiger partial charge in [-0.25, -0.2) is 28.1 Å². The van der Waals surface area contributed by atoms with Gasteiger partial charge in [-0.2, -0.15) is 0 Å². The number of nitrogens with two attached hydrogens (primary N) is 1. The SMILES string of the molecule is Nc1nc2ccccn2c1S(=O)(=O)NCc1ccncn1. The quantitative estimate of drug-likeness (QED) is 0.710. The zero-order valence-electron chi connectivity index (χ0n) is 10.8. The van der Waals surface area contributed by atoms with E-state index >= 15 is 0 Å². The molecule has 0 unspecified atom stereocenters. The zero-order chi connectivity index (χ0) is 14.9. The average molecular weight is 304 g/mol. The van der Waals surface area contributed by atoms with Gasteiger partial charge in [0.1, 0.15) is 12.0 Å². The van der Waals surface area contributed by atoms with Gasteiger partial charge in [-0.3, -0.25) is 4.40 Å². The summed E-state index contributed by atoms with van der Waals surface area (Å²) < 4.78 is 28.7. The van der Waals surface area contributed by atoms with E-state index in [0.29, 0.717) is 11.3 Å². The van der Waals surface area contributed by atoms with Gasteiger partial charge in [0, 0.05) is 12.4 Å². The van der Waals surface area contributed by atoms with E-state index in [2.05, 4.69) is 19.7 Å². The molecule has 0 bridgehead atoms. The Balaban J connectivity index is 1.95. The number of aromatic nitrogens is 4. The first kappa shape index (κ1) is 13.5. The second kappa shape index (κ2) is 5.11. The molecule has 3 aromatic rings. The van der Waals surface area contributed by atoms with Gasteiger partial charge < -0.3 is 5.73 Å². The summed E-state index contributed by atoms with van der Waals surface area (Å²) in [5.74, 6) is -0.0450. The van der Waals surface area contributed by atoms with Crippen molar-refractivity contribution in [1.82, 2.24) is 24.1 Å². The van der Waals surface area contributed by atoms with Crippen molar-refractivity contribution in [3.05, 3.63) is 48.7 Å². The number of imidazole rings is 1. The molecule has 0 radical (unpaired) electrons. The number of pyridine rings is 1. The number of nitrogens with zero attached hydrogens (tertiary/aromatic N) is 4. The molecule has 0 amide bonds. The standard InChI is InChI=1S/C12H12N6O2S/c13-11-12(18-6-2-1-3-10(18)17-11)21(19,20)16-7-9-4-5-14-8-15-9/h1-6,8,16H,7,13H2. The van der Waals surface area contributed by atoms with Crippen LogP contribution in [0.4, 0.5) is 5.82 Å². The molecule has 0 aliphatic rings. The minimum atomic E-state index is -3.81. The minimum absolute atomic E-state index is 0.0450. The first-order valence-corrected chi connectivity index (χ1v) is 7.53. The van der Waals surface area contributed by atoms with Crippen molar-refractivity contribution >= 4 is 21.5 Å². The van der Waals surface area contributed by atoms with Crippen LogP contribution in [0.15, 0.2) is 48.0 Å². The molecule has 0 aliphatic carbocycles. The van der Waals surface area contributed by atoms with E-state index in [4.69, 9.17) is 5.73 Å². The predicted octanol–water partition coefficient (Wildman–Crippen LogP) is 0.185. The molecular formula is C12H12N6O2S. The second-order valence-electron chi connectivity index (χ2n) is 4.26. The van der Waals surface area contributed by atoms with Crippen LogP contribution in [0.2, 0.25) is 0 Å². The summed E-state index contributed by atoms with van der Waals surface area (Å²) in [5.41, 5.74) is 6.76. The van der Waals surface area contributed by atoms with Crippen molar-refractivity contribution in [2.45, 2.75) is 11.6 Å². The van der Waals surface area contributed by atoms with Gasteiger partial charge >= 0.3 is 0 Å². The minimum Gasteiger partial charge on any atom is -0.381 e. The maximum Gasteiger partial charge on any atom is 0.260 e. The van der Waals surface area contributed by atoms with Gasteiger partial charge in [0.2, 0.25) is 0 Å². The molecule has 3 heterocycles. The van der Waals surface area contributed by atoms with E-state index in [1.54, 1.807) is 36.7 Å². The fraction of sp³-hybridized carbons (Fsp3) is 0.0833. The smallest absolute Gasteiger partial charge is 0.260 e. The average Bonchev–Trinajstić information content (AvgIpc) is 2.83. The van der Waals surface area contributed by atoms with Crippen LogP contribution in [0.3, 0.4) is 0 Å². The fourth-order valence-corrected chi connectivity index (χ4v) is 3.13. The van der Waals surface area contributed by atoms with Gasteiger partial charge in [0.05, 0.1) is 12.2 Å². The highest BCUT2D eigenvalue weighted by molar-refractivity contribution is 7.89. The number of hydrogen-bond donors (Lipinski definition) is 2. The number of nitrogens with one attached hydrogen (secondary N) is 1. The first-order chi connectivity index (χ1) is 10.1. The maximum atomic E-state index is 12.4. The Bertz CT molecular complexity index is 875. The molecule has 0 saturated carbocycles. The molecule has 3 rings (SSSR count). The third-order valence-corrected chi connectivity index (χ3v) is 4.29. The second-order valence-corrected chi connectivity index (χ2v) is 5.94. The Morgan fingerprint density at radius 2 is 2.14 bits per heavy atom. The summed E-state index contributed by atoms with van der Waals surface area (Å²) >= 11 is 0. The summed E-state index contributed by atoms with van der Waals surface area (Å²) in [4.78, 5) is 11.8. The van der Waals surface area contributed by atoms with Crippen LogP contribution in [-0.4, -0.2) is 27.8 Å². The van der Waals surface area contributed by atoms with E-state index in [1.165, 1.54) is 10.7 Å². The van der Waals surface area contributed by atoms with Gasteiger partial charge in [0.25, 0.3) is 10.0 Å². The molecule has 0 atom stereocenters. The normalized spacial score (nSPS) is 11.8. The molecule has 0 aromatic carbocycles. The van der Waals surface area contributed by atoms with Crippen molar-refractivity contribution in [1.29, 1.82) is 0 Å². The summed E-state index contributed by atoms with van der Waals surface area (Å²) in [7, 11) is -3.81. The van der Waals surface area contributed by atoms with Crippen molar-refractivity contribution in [2.75, 3.05) is 5.73 Å². The highest BCUT2D eigenvalue weighted by Crippen LogP contribution is 2.19. The molecule has 0 aliphatic heterocycles. The third kappa shape index (κ3) is 2.56.